The standard InChI is InChI=1S/C20H25N5O4/c1-12-8-18(26)23-20(21-12)25-17(10-16(24-25)13-6-7-13)22-19(27)11-29-15-5-3-4-14(9-15)28-2/h3-5,9-10,12-13,20-21H,6-8,11H2,1-2H3,(H,22,27)(H,23,26). The van der Waals surface area contributed by atoms with Gasteiger partial charge in [0.1, 0.15) is 17.3 Å². The minimum Gasteiger partial charge on any atom is -0.497 e. The van der Waals surface area contributed by atoms with Gasteiger partial charge in [-0.15, -0.1) is 0 Å². The van der Waals surface area contributed by atoms with Crippen LogP contribution in [0.25, 0.3) is 0 Å². The Labute approximate surface area is 168 Å². The Morgan fingerprint density at radius 2 is 2.10 bits per heavy atom. The van der Waals surface area contributed by atoms with Gasteiger partial charge in [-0.05, 0) is 31.9 Å². The number of nitrogens with one attached hydrogen (secondary N) is 3. The Bertz CT molecular complexity index is 908. The second-order valence-corrected chi connectivity index (χ2v) is 7.43. The molecule has 2 amide bonds. The van der Waals surface area contributed by atoms with E-state index in [9.17, 15) is 9.59 Å². The Balaban J connectivity index is 1.45. The minimum absolute atomic E-state index is 0.0160. The van der Waals surface area contributed by atoms with Crippen LogP contribution in [0, 0.1) is 0 Å². The van der Waals surface area contributed by atoms with Gasteiger partial charge in [-0.2, -0.15) is 5.10 Å². The maximum Gasteiger partial charge on any atom is 0.263 e. The molecule has 2 atom stereocenters. The molecule has 2 unspecified atom stereocenters. The first kappa shape index (κ1) is 19.3. The van der Waals surface area contributed by atoms with Crippen LogP contribution >= 0.6 is 0 Å². The zero-order valence-corrected chi connectivity index (χ0v) is 16.5. The molecule has 2 heterocycles. The molecule has 4 rings (SSSR count). The number of rotatable bonds is 7. The van der Waals surface area contributed by atoms with Crippen molar-refractivity contribution >= 4 is 17.6 Å². The second kappa shape index (κ2) is 8.12. The van der Waals surface area contributed by atoms with E-state index in [1.165, 1.54) is 0 Å². The van der Waals surface area contributed by atoms with Crippen LogP contribution in [0.3, 0.4) is 0 Å². The van der Waals surface area contributed by atoms with E-state index in [0.717, 1.165) is 18.5 Å². The summed E-state index contributed by atoms with van der Waals surface area (Å²) in [6.45, 7) is 1.79. The van der Waals surface area contributed by atoms with Gasteiger partial charge in [-0.1, -0.05) is 6.07 Å². The van der Waals surface area contributed by atoms with Crippen LogP contribution in [-0.4, -0.2) is 41.4 Å². The van der Waals surface area contributed by atoms with Crippen LogP contribution in [0.1, 0.15) is 44.1 Å². The third kappa shape index (κ3) is 4.68. The van der Waals surface area contributed by atoms with Crippen LogP contribution in [0.5, 0.6) is 11.5 Å². The number of carbonyl (C=O) groups is 2. The fourth-order valence-corrected chi connectivity index (χ4v) is 3.29. The van der Waals surface area contributed by atoms with Crippen LogP contribution in [0.4, 0.5) is 5.82 Å². The molecule has 0 bridgehead atoms. The van der Waals surface area contributed by atoms with Crippen molar-refractivity contribution in [1.29, 1.82) is 0 Å². The zero-order chi connectivity index (χ0) is 20.4. The van der Waals surface area contributed by atoms with Crippen molar-refractivity contribution in [2.24, 2.45) is 0 Å². The van der Waals surface area contributed by atoms with Crippen molar-refractivity contribution in [3.05, 3.63) is 36.0 Å². The lowest BCUT2D eigenvalue weighted by Crippen LogP contribution is -2.52. The van der Waals surface area contributed by atoms with Crippen molar-refractivity contribution in [3.8, 4) is 11.5 Å². The summed E-state index contributed by atoms with van der Waals surface area (Å²) in [4.78, 5) is 24.4. The molecule has 1 aromatic heterocycles. The maximum absolute atomic E-state index is 12.5. The molecule has 1 saturated heterocycles. The minimum atomic E-state index is -0.506. The van der Waals surface area contributed by atoms with Gasteiger partial charge in [-0.25, -0.2) is 4.68 Å². The zero-order valence-electron chi connectivity index (χ0n) is 16.5. The molecule has 0 spiro atoms. The second-order valence-electron chi connectivity index (χ2n) is 7.43. The van der Waals surface area contributed by atoms with Gasteiger partial charge in [-0.3, -0.25) is 14.9 Å². The number of methoxy groups -OCH3 is 1. The normalized spacial score (nSPS) is 21.4. The fourth-order valence-electron chi connectivity index (χ4n) is 3.29. The van der Waals surface area contributed by atoms with Gasteiger partial charge in [0.15, 0.2) is 12.9 Å². The van der Waals surface area contributed by atoms with Crippen LogP contribution in [0.2, 0.25) is 0 Å². The molecule has 9 heteroatoms. The summed E-state index contributed by atoms with van der Waals surface area (Å²) < 4.78 is 12.3. The average molecular weight is 399 g/mol. The summed E-state index contributed by atoms with van der Waals surface area (Å²) in [5, 5.41) is 13.6. The number of nitrogens with zero attached hydrogens (tertiary/aromatic N) is 2. The SMILES string of the molecule is COc1cccc(OCC(=O)Nc2cc(C3CC3)nn2C2NC(=O)CC(C)N2)c1. The van der Waals surface area contributed by atoms with Gasteiger partial charge in [0, 0.05) is 30.5 Å². The van der Waals surface area contributed by atoms with E-state index in [1.54, 1.807) is 36.1 Å². The van der Waals surface area contributed by atoms with E-state index in [-0.39, 0.29) is 24.5 Å². The lowest BCUT2D eigenvalue weighted by atomic mass is 10.2. The number of amides is 2. The monoisotopic (exact) mass is 399 g/mol. The lowest BCUT2D eigenvalue weighted by Gasteiger charge is -2.30. The molecule has 1 saturated carbocycles. The quantitative estimate of drug-likeness (QED) is 0.655. The maximum atomic E-state index is 12.5. The fraction of sp³-hybridized carbons (Fsp3) is 0.450. The predicted molar refractivity (Wildman–Crippen MR) is 106 cm³/mol. The molecule has 154 valence electrons. The number of ether oxygens (including phenoxy) is 2. The third-order valence-corrected chi connectivity index (χ3v) is 4.91. The molecule has 1 aliphatic heterocycles. The van der Waals surface area contributed by atoms with E-state index >= 15 is 0 Å². The Hall–Kier alpha value is -3.07. The molecule has 9 nitrogen and oxygen atoms in total. The van der Waals surface area contributed by atoms with Crippen LogP contribution in [0.15, 0.2) is 30.3 Å². The first-order valence-electron chi connectivity index (χ1n) is 9.73. The van der Waals surface area contributed by atoms with E-state index in [2.05, 4.69) is 21.0 Å². The Kier molecular flexibility index (Phi) is 5.39. The molecule has 2 aliphatic rings. The molecule has 1 aromatic carbocycles. The highest BCUT2D eigenvalue weighted by Gasteiger charge is 2.31. The number of hydrogen-bond acceptors (Lipinski definition) is 6. The summed E-state index contributed by atoms with van der Waals surface area (Å²) in [5.74, 6) is 1.77. The highest BCUT2D eigenvalue weighted by molar-refractivity contribution is 5.91. The molecule has 29 heavy (non-hydrogen) atoms. The van der Waals surface area contributed by atoms with Gasteiger partial charge >= 0.3 is 0 Å². The van der Waals surface area contributed by atoms with Crippen LogP contribution < -0.4 is 25.4 Å². The smallest absolute Gasteiger partial charge is 0.263 e. The predicted octanol–water partition coefficient (Wildman–Crippen LogP) is 1.74. The van der Waals surface area contributed by atoms with Gasteiger partial charge in [0.25, 0.3) is 5.91 Å². The van der Waals surface area contributed by atoms with Gasteiger partial charge < -0.3 is 20.1 Å². The summed E-state index contributed by atoms with van der Waals surface area (Å²) in [6, 6.07) is 8.95. The largest absolute Gasteiger partial charge is 0.497 e. The first-order valence-corrected chi connectivity index (χ1v) is 9.73. The first-order chi connectivity index (χ1) is 14.0. The number of aromatic nitrogens is 2. The topological polar surface area (TPSA) is 107 Å². The molecule has 2 aromatic rings. The average Bonchev–Trinajstić information content (AvgIpc) is 3.46. The van der Waals surface area contributed by atoms with E-state index in [1.807, 2.05) is 13.0 Å². The number of carbonyl (C=O) groups excluding carboxylic acids is 2. The number of hydrogen-bond donors (Lipinski definition) is 3. The summed E-state index contributed by atoms with van der Waals surface area (Å²) in [5.41, 5.74) is 0.920. The lowest BCUT2D eigenvalue weighted by molar-refractivity contribution is -0.125. The Morgan fingerprint density at radius 1 is 1.31 bits per heavy atom. The van der Waals surface area contributed by atoms with Crippen LogP contribution in [-0.2, 0) is 9.59 Å². The van der Waals surface area contributed by atoms with Crippen molar-refractivity contribution in [2.45, 2.75) is 44.4 Å². The summed E-state index contributed by atoms with van der Waals surface area (Å²) >= 11 is 0. The summed E-state index contributed by atoms with van der Waals surface area (Å²) in [7, 11) is 1.57. The molecule has 3 N–H and O–H groups in total. The molecular formula is C20H25N5O4. The van der Waals surface area contributed by atoms with E-state index < -0.39 is 6.29 Å². The van der Waals surface area contributed by atoms with Crippen molar-refractivity contribution < 1.29 is 19.1 Å². The van der Waals surface area contributed by atoms with Crippen molar-refractivity contribution in [2.75, 3.05) is 19.0 Å². The van der Waals surface area contributed by atoms with Gasteiger partial charge in [0.2, 0.25) is 5.91 Å². The highest BCUT2D eigenvalue weighted by Crippen LogP contribution is 2.40. The molecule has 0 radical (unpaired) electrons. The van der Waals surface area contributed by atoms with Gasteiger partial charge in [0.05, 0.1) is 12.8 Å². The van der Waals surface area contributed by atoms with Crippen molar-refractivity contribution in [3.63, 3.8) is 0 Å². The number of anilines is 1. The van der Waals surface area contributed by atoms with E-state index in [4.69, 9.17) is 9.47 Å². The molecular weight excluding hydrogens is 374 g/mol. The Morgan fingerprint density at radius 3 is 2.83 bits per heavy atom. The third-order valence-electron chi connectivity index (χ3n) is 4.91. The highest BCUT2D eigenvalue weighted by atomic mass is 16.5. The summed E-state index contributed by atoms with van der Waals surface area (Å²) in [6.07, 6.45) is 2.07. The number of benzene rings is 1. The molecule has 1 aliphatic carbocycles. The van der Waals surface area contributed by atoms with E-state index in [0.29, 0.717) is 29.7 Å². The van der Waals surface area contributed by atoms with Crippen molar-refractivity contribution in [1.82, 2.24) is 20.4 Å². The molecule has 2 fully saturated rings.